The van der Waals surface area contributed by atoms with E-state index in [0.29, 0.717) is 30.4 Å². The average molecular weight is 362 g/mol. The van der Waals surface area contributed by atoms with Gasteiger partial charge in [-0.1, -0.05) is 30.3 Å². The van der Waals surface area contributed by atoms with Crippen molar-refractivity contribution in [1.29, 1.82) is 0 Å². The molecule has 0 spiro atoms. The van der Waals surface area contributed by atoms with Crippen molar-refractivity contribution in [3.05, 3.63) is 72.6 Å². The molecule has 1 amide bonds. The number of nitrogens with zero attached hydrogens (tertiary/aromatic N) is 2. The largest absolute Gasteiger partial charge is 0.486 e. The minimum Gasteiger partial charge on any atom is -0.486 e. The number of hydrogen-bond donors (Lipinski definition) is 2. The molecule has 2 heterocycles. The molecule has 1 aliphatic heterocycles. The van der Waals surface area contributed by atoms with Crippen LogP contribution < -0.4 is 20.1 Å². The second-order valence-electron chi connectivity index (χ2n) is 5.99. The summed E-state index contributed by atoms with van der Waals surface area (Å²) in [6, 6.07) is 17.1. The van der Waals surface area contributed by atoms with E-state index in [-0.39, 0.29) is 12.0 Å². The minimum atomic E-state index is -0.260. The fraction of sp³-hybridized carbons (Fsp3) is 0.150. The van der Waals surface area contributed by atoms with Gasteiger partial charge in [0, 0.05) is 18.1 Å². The third kappa shape index (κ3) is 4.14. The SMILES string of the molecule is O=C(NC[C@H]1COc2ccccc2O1)c1cnc(Nc2ccccc2)nc1. The third-order valence-electron chi connectivity index (χ3n) is 4.00. The van der Waals surface area contributed by atoms with Crippen molar-refractivity contribution >= 4 is 17.5 Å². The number of rotatable bonds is 5. The average Bonchev–Trinajstić information content (AvgIpc) is 2.73. The highest BCUT2D eigenvalue weighted by Crippen LogP contribution is 2.30. The van der Waals surface area contributed by atoms with Gasteiger partial charge >= 0.3 is 0 Å². The quantitative estimate of drug-likeness (QED) is 0.726. The lowest BCUT2D eigenvalue weighted by molar-refractivity contribution is 0.0789. The summed E-state index contributed by atoms with van der Waals surface area (Å²) in [7, 11) is 0. The minimum absolute atomic E-state index is 0.246. The molecule has 0 unspecified atom stereocenters. The van der Waals surface area contributed by atoms with E-state index in [0.717, 1.165) is 11.4 Å². The number of nitrogens with one attached hydrogen (secondary N) is 2. The molecular formula is C20H18N4O3. The van der Waals surface area contributed by atoms with Gasteiger partial charge in [-0.2, -0.15) is 0 Å². The number of fused-ring (bicyclic) bond motifs is 1. The van der Waals surface area contributed by atoms with Gasteiger partial charge in [0.25, 0.3) is 5.91 Å². The zero-order valence-corrected chi connectivity index (χ0v) is 14.5. The van der Waals surface area contributed by atoms with Crippen LogP contribution >= 0.6 is 0 Å². The summed E-state index contributed by atoms with van der Waals surface area (Å²) < 4.78 is 11.5. The van der Waals surface area contributed by atoms with Gasteiger partial charge in [-0.25, -0.2) is 9.97 Å². The molecule has 0 aliphatic carbocycles. The summed E-state index contributed by atoms with van der Waals surface area (Å²) in [5, 5.41) is 5.90. The maximum absolute atomic E-state index is 12.3. The predicted molar refractivity (Wildman–Crippen MR) is 100 cm³/mol. The van der Waals surface area contributed by atoms with Gasteiger partial charge in [0.15, 0.2) is 11.5 Å². The van der Waals surface area contributed by atoms with Crippen LogP contribution in [0.3, 0.4) is 0 Å². The number of para-hydroxylation sites is 3. The second kappa shape index (κ2) is 7.74. The van der Waals surface area contributed by atoms with E-state index in [4.69, 9.17) is 9.47 Å². The van der Waals surface area contributed by atoms with Crippen molar-refractivity contribution in [2.75, 3.05) is 18.5 Å². The fourth-order valence-electron chi connectivity index (χ4n) is 2.63. The van der Waals surface area contributed by atoms with Gasteiger partial charge in [0.05, 0.1) is 12.1 Å². The Bertz CT molecular complexity index is 916. The standard InChI is InChI=1S/C20H18N4O3/c25-19(21-12-16-13-26-17-8-4-5-9-18(17)27-16)14-10-22-20(23-11-14)24-15-6-2-1-3-7-15/h1-11,16H,12-13H2,(H,21,25)(H,22,23,24)/t16-/m0/s1. The molecule has 4 rings (SSSR count). The number of amides is 1. The first-order valence-electron chi connectivity index (χ1n) is 8.59. The van der Waals surface area contributed by atoms with Gasteiger partial charge in [0.2, 0.25) is 5.95 Å². The van der Waals surface area contributed by atoms with E-state index < -0.39 is 0 Å². The molecule has 2 aromatic carbocycles. The number of anilines is 2. The lowest BCUT2D eigenvalue weighted by Crippen LogP contribution is -2.40. The maximum Gasteiger partial charge on any atom is 0.254 e. The van der Waals surface area contributed by atoms with E-state index in [9.17, 15) is 4.79 Å². The van der Waals surface area contributed by atoms with Crippen LogP contribution in [0.1, 0.15) is 10.4 Å². The molecule has 27 heavy (non-hydrogen) atoms. The zero-order valence-electron chi connectivity index (χ0n) is 14.5. The summed E-state index contributed by atoms with van der Waals surface area (Å²) >= 11 is 0. The molecule has 0 saturated heterocycles. The molecule has 3 aromatic rings. The normalized spacial score (nSPS) is 15.0. The number of aromatic nitrogens is 2. The van der Waals surface area contributed by atoms with Gasteiger partial charge in [-0.15, -0.1) is 0 Å². The van der Waals surface area contributed by atoms with Gasteiger partial charge in [-0.05, 0) is 24.3 Å². The summed E-state index contributed by atoms with van der Waals surface area (Å²) in [5.74, 6) is 1.57. The van der Waals surface area contributed by atoms with Crippen molar-refractivity contribution in [2.45, 2.75) is 6.10 Å². The van der Waals surface area contributed by atoms with Gasteiger partial charge in [0.1, 0.15) is 12.7 Å². The topological polar surface area (TPSA) is 85.4 Å². The summed E-state index contributed by atoms with van der Waals surface area (Å²) in [6.45, 7) is 0.713. The first kappa shape index (κ1) is 16.8. The Morgan fingerprint density at radius 3 is 2.48 bits per heavy atom. The number of ether oxygens (including phenoxy) is 2. The molecule has 0 radical (unpaired) electrons. The number of carbonyl (C=O) groups is 1. The van der Waals surface area contributed by atoms with Crippen LogP contribution in [0, 0.1) is 0 Å². The number of hydrogen-bond acceptors (Lipinski definition) is 6. The van der Waals surface area contributed by atoms with Crippen LogP contribution in [0.25, 0.3) is 0 Å². The Morgan fingerprint density at radius 1 is 1.00 bits per heavy atom. The number of carbonyl (C=O) groups excluding carboxylic acids is 1. The van der Waals surface area contributed by atoms with Crippen molar-refractivity contribution in [2.24, 2.45) is 0 Å². The highest BCUT2D eigenvalue weighted by Gasteiger charge is 2.21. The Hall–Kier alpha value is -3.61. The molecule has 136 valence electrons. The van der Waals surface area contributed by atoms with E-state index in [2.05, 4.69) is 20.6 Å². The lowest BCUT2D eigenvalue weighted by atomic mass is 10.2. The first-order valence-corrected chi connectivity index (χ1v) is 8.59. The third-order valence-corrected chi connectivity index (χ3v) is 4.00. The summed E-state index contributed by atoms with van der Waals surface area (Å²) in [6.07, 6.45) is 2.73. The highest BCUT2D eigenvalue weighted by molar-refractivity contribution is 5.93. The van der Waals surface area contributed by atoms with E-state index >= 15 is 0 Å². The number of benzene rings is 2. The lowest BCUT2D eigenvalue weighted by Gasteiger charge is -2.26. The van der Waals surface area contributed by atoms with Crippen molar-refractivity contribution < 1.29 is 14.3 Å². The van der Waals surface area contributed by atoms with Crippen LogP contribution in [0.5, 0.6) is 11.5 Å². The molecule has 2 N–H and O–H groups in total. The molecule has 1 aliphatic rings. The molecule has 1 atom stereocenters. The molecule has 7 nitrogen and oxygen atoms in total. The fourth-order valence-corrected chi connectivity index (χ4v) is 2.63. The maximum atomic E-state index is 12.3. The van der Waals surface area contributed by atoms with Crippen LogP contribution in [0.4, 0.5) is 11.6 Å². The van der Waals surface area contributed by atoms with E-state index in [1.807, 2.05) is 54.6 Å². The predicted octanol–water partition coefficient (Wildman–Crippen LogP) is 2.79. The van der Waals surface area contributed by atoms with Crippen LogP contribution in [0.2, 0.25) is 0 Å². The van der Waals surface area contributed by atoms with E-state index in [1.165, 1.54) is 12.4 Å². The molecule has 0 saturated carbocycles. The molecular weight excluding hydrogens is 344 g/mol. The Balaban J connectivity index is 1.31. The first-order chi connectivity index (χ1) is 13.3. The Kier molecular flexibility index (Phi) is 4.82. The second-order valence-corrected chi connectivity index (χ2v) is 5.99. The van der Waals surface area contributed by atoms with Crippen molar-refractivity contribution in [1.82, 2.24) is 15.3 Å². The van der Waals surface area contributed by atoms with Crippen molar-refractivity contribution in [3.63, 3.8) is 0 Å². The van der Waals surface area contributed by atoms with Gasteiger partial charge < -0.3 is 20.1 Å². The van der Waals surface area contributed by atoms with Gasteiger partial charge in [-0.3, -0.25) is 4.79 Å². The monoisotopic (exact) mass is 362 g/mol. The zero-order chi connectivity index (χ0) is 18.5. The Labute approximate surface area is 156 Å². The highest BCUT2D eigenvalue weighted by atomic mass is 16.6. The van der Waals surface area contributed by atoms with E-state index in [1.54, 1.807) is 0 Å². The molecule has 7 heteroatoms. The van der Waals surface area contributed by atoms with Crippen LogP contribution in [-0.4, -0.2) is 35.1 Å². The summed E-state index contributed by atoms with van der Waals surface area (Å²) in [5.41, 5.74) is 1.26. The van der Waals surface area contributed by atoms with Crippen molar-refractivity contribution in [3.8, 4) is 11.5 Å². The molecule has 0 bridgehead atoms. The summed E-state index contributed by atoms with van der Waals surface area (Å²) in [4.78, 5) is 20.7. The smallest absolute Gasteiger partial charge is 0.254 e. The van der Waals surface area contributed by atoms with Crippen LogP contribution in [-0.2, 0) is 0 Å². The van der Waals surface area contributed by atoms with Crippen LogP contribution in [0.15, 0.2) is 67.0 Å². The molecule has 1 aromatic heterocycles. The molecule has 0 fully saturated rings. The Morgan fingerprint density at radius 2 is 1.70 bits per heavy atom.